The number of nitrogens with one attached hydrogen (secondary N) is 1. The lowest BCUT2D eigenvalue weighted by Gasteiger charge is -2.16. The molecule has 3 rings (SSSR count). The third-order valence-corrected chi connectivity index (χ3v) is 4.39. The number of carbonyl (C=O) groups is 1. The molecule has 1 aliphatic rings. The molecule has 134 valence electrons. The van der Waals surface area contributed by atoms with Crippen molar-refractivity contribution in [1.29, 1.82) is 0 Å². The summed E-state index contributed by atoms with van der Waals surface area (Å²) in [5, 5.41) is 7.46. The summed E-state index contributed by atoms with van der Waals surface area (Å²) in [5.41, 5.74) is 1.11. The van der Waals surface area contributed by atoms with Crippen LogP contribution in [0, 0.1) is 13.8 Å². The van der Waals surface area contributed by atoms with Crippen molar-refractivity contribution >= 4 is 5.91 Å². The molecule has 1 unspecified atom stereocenters. The summed E-state index contributed by atoms with van der Waals surface area (Å²) < 4.78 is 3.28. The van der Waals surface area contributed by atoms with E-state index in [-0.39, 0.29) is 17.6 Å². The number of hydrogen-bond acceptors (Lipinski definition) is 5. The Hall–Kier alpha value is -2.51. The lowest BCUT2D eigenvalue weighted by atomic mass is 10.1. The zero-order chi connectivity index (χ0) is 18.0. The van der Waals surface area contributed by atoms with Crippen LogP contribution in [0.1, 0.15) is 54.0 Å². The first-order valence-electron chi connectivity index (χ1n) is 8.77. The number of carbonyl (C=O) groups excluding carboxylic acids is 1. The van der Waals surface area contributed by atoms with Crippen molar-refractivity contribution in [2.45, 2.75) is 65.6 Å². The summed E-state index contributed by atoms with van der Waals surface area (Å²) >= 11 is 0. The van der Waals surface area contributed by atoms with Crippen molar-refractivity contribution in [3.05, 3.63) is 39.6 Å². The maximum absolute atomic E-state index is 12.5. The van der Waals surface area contributed by atoms with Crippen LogP contribution in [0.4, 0.5) is 0 Å². The van der Waals surface area contributed by atoms with E-state index in [0.29, 0.717) is 37.4 Å². The van der Waals surface area contributed by atoms with Gasteiger partial charge in [-0.3, -0.25) is 9.36 Å². The highest BCUT2D eigenvalue weighted by atomic mass is 16.2. The molecule has 0 aliphatic carbocycles. The molecule has 0 saturated carbocycles. The van der Waals surface area contributed by atoms with Gasteiger partial charge in [-0.25, -0.2) is 19.4 Å². The topological polar surface area (TPSA) is 94.7 Å². The van der Waals surface area contributed by atoms with Crippen LogP contribution in [0.2, 0.25) is 0 Å². The Morgan fingerprint density at radius 2 is 2.12 bits per heavy atom. The number of amides is 1. The Bertz CT molecular complexity index is 818. The Morgan fingerprint density at radius 3 is 2.84 bits per heavy atom. The molecule has 0 radical (unpaired) electrons. The van der Waals surface area contributed by atoms with Gasteiger partial charge in [0.25, 0.3) is 5.91 Å². The van der Waals surface area contributed by atoms with Crippen LogP contribution in [-0.4, -0.2) is 36.3 Å². The van der Waals surface area contributed by atoms with E-state index in [4.69, 9.17) is 0 Å². The molecule has 0 aromatic carbocycles. The van der Waals surface area contributed by atoms with Crippen LogP contribution in [0.15, 0.2) is 10.9 Å². The summed E-state index contributed by atoms with van der Waals surface area (Å²) in [6.07, 6.45) is 3.03. The largest absolute Gasteiger partial charge is 0.348 e. The second-order valence-electron chi connectivity index (χ2n) is 6.51. The molecule has 2 aromatic rings. The number of aryl methyl sites for hydroxylation is 4. The van der Waals surface area contributed by atoms with Crippen molar-refractivity contribution in [1.82, 2.24) is 29.6 Å². The van der Waals surface area contributed by atoms with Gasteiger partial charge in [0.05, 0.1) is 0 Å². The third kappa shape index (κ3) is 3.78. The molecule has 0 bridgehead atoms. The highest BCUT2D eigenvalue weighted by molar-refractivity contribution is 5.92. The lowest BCUT2D eigenvalue weighted by Crippen LogP contribution is -2.36. The number of aromatic nitrogens is 5. The fourth-order valence-corrected chi connectivity index (χ4v) is 3.22. The Balaban J connectivity index is 1.68. The predicted molar refractivity (Wildman–Crippen MR) is 92.5 cm³/mol. The summed E-state index contributed by atoms with van der Waals surface area (Å²) in [5.74, 6) is 1.20. The molecular formula is C17H24N6O2. The number of fused-ring (bicyclic) bond motifs is 1. The number of nitrogens with zero attached hydrogens (tertiary/aromatic N) is 5. The molecule has 1 aliphatic heterocycles. The molecule has 1 amide bonds. The molecule has 3 heterocycles. The average molecular weight is 344 g/mol. The van der Waals surface area contributed by atoms with Gasteiger partial charge in [0.2, 0.25) is 0 Å². The second kappa shape index (κ2) is 7.16. The second-order valence-corrected chi connectivity index (χ2v) is 6.51. The van der Waals surface area contributed by atoms with E-state index >= 15 is 0 Å². The van der Waals surface area contributed by atoms with Gasteiger partial charge in [0, 0.05) is 31.2 Å². The fourth-order valence-electron chi connectivity index (χ4n) is 3.22. The summed E-state index contributed by atoms with van der Waals surface area (Å²) in [4.78, 5) is 33.2. The minimum atomic E-state index is -0.193. The van der Waals surface area contributed by atoms with E-state index < -0.39 is 0 Å². The van der Waals surface area contributed by atoms with E-state index in [1.54, 1.807) is 22.2 Å². The monoisotopic (exact) mass is 344 g/mol. The standard InChI is InChI=1S/C17H24N6O2/c1-4-8-23-17(25)22-9-7-13(5-6-15(22)21-23)20-16(24)14-10-11(2)18-12(3)19-14/h10,13H,4-9H2,1-3H3,(H,20,24). The Morgan fingerprint density at radius 1 is 1.32 bits per heavy atom. The Labute approximate surface area is 146 Å². The highest BCUT2D eigenvalue weighted by Gasteiger charge is 2.22. The van der Waals surface area contributed by atoms with Crippen molar-refractivity contribution < 1.29 is 4.79 Å². The quantitative estimate of drug-likeness (QED) is 0.893. The van der Waals surface area contributed by atoms with Gasteiger partial charge >= 0.3 is 5.69 Å². The van der Waals surface area contributed by atoms with Crippen molar-refractivity contribution in [2.75, 3.05) is 0 Å². The van der Waals surface area contributed by atoms with E-state index in [0.717, 1.165) is 24.4 Å². The molecule has 0 fully saturated rings. The van der Waals surface area contributed by atoms with Gasteiger partial charge < -0.3 is 5.32 Å². The highest BCUT2D eigenvalue weighted by Crippen LogP contribution is 2.13. The van der Waals surface area contributed by atoms with Gasteiger partial charge in [-0.2, -0.15) is 5.10 Å². The van der Waals surface area contributed by atoms with Crippen LogP contribution in [-0.2, 0) is 19.5 Å². The molecular weight excluding hydrogens is 320 g/mol. The van der Waals surface area contributed by atoms with Gasteiger partial charge in [0.15, 0.2) is 0 Å². The SMILES string of the molecule is CCCn1nc2n(c1=O)CCC(NC(=O)c1cc(C)nc(C)n1)CC2. The van der Waals surface area contributed by atoms with Gasteiger partial charge in [0.1, 0.15) is 17.3 Å². The molecule has 2 aromatic heterocycles. The van der Waals surface area contributed by atoms with Gasteiger partial charge in [-0.1, -0.05) is 6.92 Å². The molecule has 1 atom stereocenters. The van der Waals surface area contributed by atoms with Crippen LogP contribution < -0.4 is 11.0 Å². The Kier molecular flexibility index (Phi) is 4.96. The predicted octanol–water partition coefficient (Wildman–Crippen LogP) is 0.997. The zero-order valence-electron chi connectivity index (χ0n) is 14.9. The minimum absolute atomic E-state index is 0.00352. The van der Waals surface area contributed by atoms with Crippen LogP contribution >= 0.6 is 0 Å². The summed E-state index contributed by atoms with van der Waals surface area (Å²) in [6, 6.07) is 1.69. The van der Waals surface area contributed by atoms with Gasteiger partial charge in [-0.05, 0) is 39.2 Å². The smallest absolute Gasteiger partial charge is 0.345 e. The third-order valence-electron chi connectivity index (χ3n) is 4.39. The molecule has 1 N–H and O–H groups in total. The number of rotatable bonds is 4. The summed E-state index contributed by atoms with van der Waals surface area (Å²) in [6.45, 7) is 6.86. The molecule has 0 saturated heterocycles. The molecule has 25 heavy (non-hydrogen) atoms. The molecule has 0 spiro atoms. The van der Waals surface area contributed by atoms with E-state index in [2.05, 4.69) is 20.4 Å². The van der Waals surface area contributed by atoms with E-state index in [9.17, 15) is 9.59 Å². The summed E-state index contributed by atoms with van der Waals surface area (Å²) in [7, 11) is 0. The van der Waals surface area contributed by atoms with Gasteiger partial charge in [-0.15, -0.1) is 0 Å². The van der Waals surface area contributed by atoms with Crippen molar-refractivity contribution in [3.8, 4) is 0 Å². The molecule has 8 nitrogen and oxygen atoms in total. The maximum Gasteiger partial charge on any atom is 0.345 e. The van der Waals surface area contributed by atoms with E-state index in [1.165, 1.54) is 0 Å². The van der Waals surface area contributed by atoms with Crippen LogP contribution in [0.3, 0.4) is 0 Å². The average Bonchev–Trinajstić information content (AvgIpc) is 2.73. The minimum Gasteiger partial charge on any atom is -0.348 e. The normalized spacial score (nSPS) is 17.0. The zero-order valence-corrected chi connectivity index (χ0v) is 14.9. The van der Waals surface area contributed by atoms with Crippen molar-refractivity contribution in [3.63, 3.8) is 0 Å². The first-order chi connectivity index (χ1) is 12.0. The van der Waals surface area contributed by atoms with Crippen LogP contribution in [0.25, 0.3) is 0 Å². The first-order valence-corrected chi connectivity index (χ1v) is 8.77. The van der Waals surface area contributed by atoms with E-state index in [1.807, 2.05) is 13.8 Å². The first kappa shape index (κ1) is 17.3. The lowest BCUT2D eigenvalue weighted by molar-refractivity contribution is 0.0927. The molecule has 8 heteroatoms. The van der Waals surface area contributed by atoms with Crippen LogP contribution in [0.5, 0.6) is 0 Å². The number of hydrogen-bond donors (Lipinski definition) is 1. The van der Waals surface area contributed by atoms with Crippen molar-refractivity contribution in [2.24, 2.45) is 0 Å². The fraction of sp³-hybridized carbons (Fsp3) is 0.588. The maximum atomic E-state index is 12.5.